The standard InChI is InChI=1S/C21H24N4O2/c1-15-11-19(16(2)27-15)21(26)25-9-4-6-18(14-25)20-23-8-10-24(20)13-17-5-3-7-22-12-17/h3,5,7-8,10-12,18H,4,6,9,13-14H2,1-2H3. The van der Waals surface area contributed by atoms with E-state index in [-0.39, 0.29) is 11.8 Å². The van der Waals surface area contributed by atoms with Crippen LogP contribution in [-0.4, -0.2) is 38.4 Å². The Morgan fingerprint density at radius 1 is 1.33 bits per heavy atom. The summed E-state index contributed by atoms with van der Waals surface area (Å²) in [6, 6.07) is 5.85. The van der Waals surface area contributed by atoms with Crippen LogP contribution >= 0.6 is 0 Å². The van der Waals surface area contributed by atoms with Crippen molar-refractivity contribution in [2.24, 2.45) is 0 Å². The van der Waals surface area contributed by atoms with Crippen LogP contribution in [0.2, 0.25) is 0 Å². The molecule has 1 aliphatic rings. The first-order valence-corrected chi connectivity index (χ1v) is 9.38. The molecular weight excluding hydrogens is 340 g/mol. The summed E-state index contributed by atoms with van der Waals surface area (Å²) in [7, 11) is 0. The number of imidazole rings is 1. The molecular formula is C21H24N4O2. The fourth-order valence-electron chi connectivity index (χ4n) is 3.89. The lowest BCUT2D eigenvalue weighted by molar-refractivity contribution is 0.0701. The van der Waals surface area contributed by atoms with Crippen molar-refractivity contribution in [3.8, 4) is 0 Å². The van der Waals surface area contributed by atoms with E-state index in [1.54, 1.807) is 6.20 Å². The van der Waals surface area contributed by atoms with E-state index in [4.69, 9.17) is 4.42 Å². The highest BCUT2D eigenvalue weighted by atomic mass is 16.3. The molecule has 27 heavy (non-hydrogen) atoms. The molecule has 6 nitrogen and oxygen atoms in total. The predicted molar refractivity (Wildman–Crippen MR) is 102 cm³/mol. The smallest absolute Gasteiger partial charge is 0.257 e. The molecule has 0 spiro atoms. The predicted octanol–water partition coefficient (Wildman–Crippen LogP) is 3.56. The van der Waals surface area contributed by atoms with Gasteiger partial charge in [0.05, 0.1) is 12.1 Å². The molecule has 1 atom stereocenters. The van der Waals surface area contributed by atoms with Crippen molar-refractivity contribution in [2.45, 2.75) is 39.2 Å². The Hall–Kier alpha value is -2.89. The van der Waals surface area contributed by atoms with Crippen LogP contribution in [0.25, 0.3) is 0 Å². The first-order chi connectivity index (χ1) is 13.1. The number of nitrogens with zero attached hydrogens (tertiary/aromatic N) is 4. The minimum absolute atomic E-state index is 0.0550. The van der Waals surface area contributed by atoms with Gasteiger partial charge < -0.3 is 13.9 Å². The molecule has 0 bridgehead atoms. The van der Waals surface area contributed by atoms with Crippen LogP contribution in [0.5, 0.6) is 0 Å². The van der Waals surface area contributed by atoms with Gasteiger partial charge in [0, 0.05) is 43.8 Å². The fraction of sp³-hybridized carbons (Fsp3) is 0.381. The monoisotopic (exact) mass is 364 g/mol. The number of aromatic nitrogens is 3. The Balaban J connectivity index is 1.51. The van der Waals surface area contributed by atoms with Gasteiger partial charge in [-0.1, -0.05) is 6.07 Å². The molecule has 1 unspecified atom stereocenters. The Labute approximate surface area is 158 Å². The molecule has 4 rings (SSSR count). The van der Waals surface area contributed by atoms with Gasteiger partial charge in [-0.15, -0.1) is 0 Å². The van der Waals surface area contributed by atoms with Gasteiger partial charge in [-0.25, -0.2) is 4.98 Å². The number of furan rings is 1. The van der Waals surface area contributed by atoms with Crippen LogP contribution in [0, 0.1) is 13.8 Å². The molecule has 1 fully saturated rings. The van der Waals surface area contributed by atoms with Gasteiger partial charge in [0.1, 0.15) is 17.3 Å². The summed E-state index contributed by atoms with van der Waals surface area (Å²) in [5, 5.41) is 0. The van der Waals surface area contributed by atoms with E-state index in [9.17, 15) is 4.79 Å². The summed E-state index contributed by atoms with van der Waals surface area (Å²) in [5.41, 5.74) is 1.82. The molecule has 140 valence electrons. The number of carbonyl (C=O) groups is 1. The highest BCUT2D eigenvalue weighted by molar-refractivity contribution is 5.95. The van der Waals surface area contributed by atoms with Crippen molar-refractivity contribution < 1.29 is 9.21 Å². The van der Waals surface area contributed by atoms with Gasteiger partial charge in [-0.3, -0.25) is 9.78 Å². The highest BCUT2D eigenvalue weighted by Gasteiger charge is 2.29. The normalized spacial score (nSPS) is 17.3. The van der Waals surface area contributed by atoms with E-state index in [0.29, 0.717) is 17.9 Å². The largest absolute Gasteiger partial charge is 0.466 e. The number of hydrogen-bond acceptors (Lipinski definition) is 4. The third-order valence-corrected chi connectivity index (χ3v) is 5.17. The summed E-state index contributed by atoms with van der Waals surface area (Å²) < 4.78 is 7.71. The Morgan fingerprint density at radius 2 is 2.22 bits per heavy atom. The zero-order valence-corrected chi connectivity index (χ0v) is 15.8. The second-order valence-corrected chi connectivity index (χ2v) is 7.19. The Kier molecular flexibility index (Phi) is 4.79. The van der Waals surface area contributed by atoms with Crippen molar-refractivity contribution in [3.63, 3.8) is 0 Å². The zero-order chi connectivity index (χ0) is 18.8. The molecule has 6 heteroatoms. The quantitative estimate of drug-likeness (QED) is 0.710. The first-order valence-electron chi connectivity index (χ1n) is 9.38. The van der Waals surface area contributed by atoms with Crippen molar-refractivity contribution in [1.29, 1.82) is 0 Å². The second-order valence-electron chi connectivity index (χ2n) is 7.19. The van der Waals surface area contributed by atoms with Crippen molar-refractivity contribution >= 4 is 5.91 Å². The van der Waals surface area contributed by atoms with Crippen LogP contribution in [0.15, 0.2) is 47.4 Å². The van der Waals surface area contributed by atoms with Gasteiger partial charge in [0.25, 0.3) is 5.91 Å². The van der Waals surface area contributed by atoms with Crippen molar-refractivity contribution in [3.05, 3.63) is 71.5 Å². The molecule has 0 radical (unpaired) electrons. The fourth-order valence-corrected chi connectivity index (χ4v) is 3.89. The average Bonchev–Trinajstić information content (AvgIpc) is 3.28. The van der Waals surface area contributed by atoms with Crippen molar-refractivity contribution in [1.82, 2.24) is 19.4 Å². The number of hydrogen-bond donors (Lipinski definition) is 0. The van der Waals surface area contributed by atoms with Gasteiger partial charge in [-0.05, 0) is 44.4 Å². The molecule has 0 aromatic carbocycles. The molecule has 0 saturated carbocycles. The van der Waals surface area contributed by atoms with E-state index in [0.717, 1.165) is 43.1 Å². The molecule has 4 heterocycles. The van der Waals surface area contributed by atoms with Crippen LogP contribution < -0.4 is 0 Å². The summed E-state index contributed by atoms with van der Waals surface area (Å²) in [6.07, 6.45) is 9.53. The summed E-state index contributed by atoms with van der Waals surface area (Å²) >= 11 is 0. The average molecular weight is 364 g/mol. The van der Waals surface area contributed by atoms with Crippen LogP contribution in [-0.2, 0) is 6.54 Å². The lowest BCUT2D eigenvalue weighted by Gasteiger charge is -2.32. The number of carbonyl (C=O) groups excluding carboxylic acids is 1. The molecule has 1 aliphatic heterocycles. The lowest BCUT2D eigenvalue weighted by Crippen LogP contribution is -2.39. The van der Waals surface area contributed by atoms with Gasteiger partial charge in [0.2, 0.25) is 0 Å². The zero-order valence-electron chi connectivity index (χ0n) is 15.8. The summed E-state index contributed by atoms with van der Waals surface area (Å²) in [4.78, 5) is 23.7. The topological polar surface area (TPSA) is 64.2 Å². The number of piperidine rings is 1. The summed E-state index contributed by atoms with van der Waals surface area (Å²) in [5.74, 6) is 2.80. The molecule has 3 aromatic rings. The molecule has 0 aliphatic carbocycles. The maximum atomic E-state index is 13.0. The number of rotatable bonds is 4. The van der Waals surface area contributed by atoms with E-state index in [1.165, 1.54) is 0 Å². The number of aryl methyl sites for hydroxylation is 2. The minimum Gasteiger partial charge on any atom is -0.466 e. The minimum atomic E-state index is 0.0550. The third kappa shape index (κ3) is 3.65. The summed E-state index contributed by atoms with van der Waals surface area (Å²) in [6.45, 7) is 5.93. The van der Waals surface area contributed by atoms with Crippen LogP contribution in [0.1, 0.15) is 52.0 Å². The van der Waals surface area contributed by atoms with E-state index in [2.05, 4.69) is 20.6 Å². The van der Waals surface area contributed by atoms with E-state index < -0.39 is 0 Å². The number of pyridine rings is 1. The number of likely N-dealkylation sites (tertiary alicyclic amines) is 1. The molecule has 1 amide bonds. The van der Waals surface area contributed by atoms with E-state index in [1.807, 2.05) is 49.5 Å². The maximum absolute atomic E-state index is 13.0. The highest BCUT2D eigenvalue weighted by Crippen LogP contribution is 2.28. The van der Waals surface area contributed by atoms with Gasteiger partial charge >= 0.3 is 0 Å². The van der Waals surface area contributed by atoms with Crippen molar-refractivity contribution in [2.75, 3.05) is 13.1 Å². The van der Waals surface area contributed by atoms with Crippen LogP contribution in [0.3, 0.4) is 0 Å². The SMILES string of the molecule is Cc1cc(C(=O)N2CCCC(c3nccn3Cc3cccnc3)C2)c(C)o1. The molecule has 0 N–H and O–H groups in total. The van der Waals surface area contributed by atoms with Gasteiger partial charge in [0.15, 0.2) is 0 Å². The van der Waals surface area contributed by atoms with Crippen LogP contribution in [0.4, 0.5) is 0 Å². The molecule has 1 saturated heterocycles. The number of amides is 1. The molecule has 3 aromatic heterocycles. The van der Waals surface area contributed by atoms with E-state index >= 15 is 0 Å². The maximum Gasteiger partial charge on any atom is 0.257 e. The third-order valence-electron chi connectivity index (χ3n) is 5.17. The Bertz CT molecular complexity index is 929. The second kappa shape index (κ2) is 7.39. The van der Waals surface area contributed by atoms with Gasteiger partial charge in [-0.2, -0.15) is 0 Å². The lowest BCUT2D eigenvalue weighted by atomic mass is 9.96. The Morgan fingerprint density at radius 3 is 2.96 bits per heavy atom. The first kappa shape index (κ1) is 17.5.